The van der Waals surface area contributed by atoms with Crippen LogP contribution in [0.2, 0.25) is 0 Å². The van der Waals surface area contributed by atoms with Gasteiger partial charge in [0.25, 0.3) is 0 Å². The molecule has 2 amide bonds. The van der Waals surface area contributed by atoms with E-state index in [0.29, 0.717) is 6.04 Å². The van der Waals surface area contributed by atoms with Crippen molar-refractivity contribution < 1.29 is 4.79 Å². The summed E-state index contributed by atoms with van der Waals surface area (Å²) in [6, 6.07) is 0.243. The summed E-state index contributed by atoms with van der Waals surface area (Å²) in [5.74, 6) is 0.857. The maximum Gasteiger partial charge on any atom is 0.315 e. The molecule has 1 aliphatic heterocycles. The second-order valence-corrected chi connectivity index (χ2v) is 4.71. The molecule has 14 heavy (non-hydrogen) atoms. The second-order valence-electron chi connectivity index (χ2n) is 4.71. The molecule has 0 aromatic rings. The van der Waals surface area contributed by atoms with E-state index in [1.165, 1.54) is 44.9 Å². The van der Waals surface area contributed by atoms with Gasteiger partial charge < -0.3 is 10.6 Å². The summed E-state index contributed by atoms with van der Waals surface area (Å²) >= 11 is 0. The number of likely N-dealkylation sites (tertiary alicyclic amines) is 1. The van der Waals surface area contributed by atoms with Gasteiger partial charge in [0.1, 0.15) is 0 Å². The summed E-state index contributed by atoms with van der Waals surface area (Å²) < 4.78 is 0. The molecule has 0 radical (unpaired) electrons. The SMILES string of the molecule is NC(=O)N1CCC1CC1CCCCC1. The minimum atomic E-state index is -0.225. The van der Waals surface area contributed by atoms with Crippen LogP contribution in [0.5, 0.6) is 0 Å². The van der Waals surface area contributed by atoms with E-state index in [4.69, 9.17) is 5.73 Å². The average molecular weight is 196 g/mol. The van der Waals surface area contributed by atoms with Gasteiger partial charge in [0.15, 0.2) is 0 Å². The van der Waals surface area contributed by atoms with Crippen LogP contribution >= 0.6 is 0 Å². The number of carbonyl (C=O) groups is 1. The van der Waals surface area contributed by atoms with Gasteiger partial charge in [-0.1, -0.05) is 32.1 Å². The number of nitrogens with two attached hydrogens (primary N) is 1. The van der Waals surface area contributed by atoms with Crippen LogP contribution in [0.1, 0.15) is 44.9 Å². The molecule has 1 saturated carbocycles. The smallest absolute Gasteiger partial charge is 0.315 e. The van der Waals surface area contributed by atoms with E-state index in [1.54, 1.807) is 0 Å². The zero-order valence-corrected chi connectivity index (χ0v) is 8.74. The molecule has 0 spiro atoms. The number of hydrogen-bond acceptors (Lipinski definition) is 1. The third-order valence-electron chi connectivity index (χ3n) is 3.76. The lowest BCUT2D eigenvalue weighted by atomic mass is 9.82. The molecule has 2 aliphatic rings. The first kappa shape index (κ1) is 9.81. The molecule has 0 aromatic carbocycles. The molecule has 2 fully saturated rings. The third-order valence-corrected chi connectivity index (χ3v) is 3.76. The van der Waals surface area contributed by atoms with Gasteiger partial charge in [0.05, 0.1) is 0 Å². The van der Waals surface area contributed by atoms with Crippen LogP contribution in [0, 0.1) is 5.92 Å². The number of rotatable bonds is 2. The first-order chi connectivity index (χ1) is 6.77. The van der Waals surface area contributed by atoms with E-state index >= 15 is 0 Å². The molecule has 1 unspecified atom stereocenters. The maximum atomic E-state index is 11.0. The Bertz CT molecular complexity index is 211. The fourth-order valence-corrected chi connectivity index (χ4v) is 2.78. The van der Waals surface area contributed by atoms with Crippen LogP contribution in [0.15, 0.2) is 0 Å². The molecule has 2 rings (SSSR count). The lowest BCUT2D eigenvalue weighted by molar-refractivity contribution is 0.0978. The average Bonchev–Trinajstić information content (AvgIpc) is 2.13. The molecule has 3 heteroatoms. The van der Waals surface area contributed by atoms with Crippen molar-refractivity contribution in [2.75, 3.05) is 6.54 Å². The Morgan fingerprint density at radius 2 is 1.93 bits per heavy atom. The molecule has 80 valence electrons. The Labute approximate surface area is 85.6 Å². The van der Waals surface area contributed by atoms with Gasteiger partial charge in [-0.15, -0.1) is 0 Å². The normalized spacial score (nSPS) is 28.6. The number of urea groups is 1. The highest BCUT2D eigenvalue weighted by Crippen LogP contribution is 2.32. The Balaban J connectivity index is 1.76. The van der Waals surface area contributed by atoms with Crippen molar-refractivity contribution in [3.05, 3.63) is 0 Å². The minimum absolute atomic E-state index is 0.225. The van der Waals surface area contributed by atoms with Gasteiger partial charge in [-0.2, -0.15) is 0 Å². The Morgan fingerprint density at radius 3 is 2.43 bits per heavy atom. The quantitative estimate of drug-likeness (QED) is 0.722. The van der Waals surface area contributed by atoms with Gasteiger partial charge in [-0.3, -0.25) is 0 Å². The van der Waals surface area contributed by atoms with Crippen molar-refractivity contribution in [2.24, 2.45) is 11.7 Å². The largest absolute Gasteiger partial charge is 0.351 e. The molecule has 2 N–H and O–H groups in total. The molecule has 0 aromatic heterocycles. The van der Waals surface area contributed by atoms with Crippen LogP contribution in [-0.4, -0.2) is 23.5 Å². The first-order valence-electron chi connectivity index (χ1n) is 5.83. The highest BCUT2D eigenvalue weighted by atomic mass is 16.2. The summed E-state index contributed by atoms with van der Waals surface area (Å²) in [6.07, 6.45) is 9.26. The van der Waals surface area contributed by atoms with Crippen molar-refractivity contribution in [2.45, 2.75) is 51.0 Å². The zero-order chi connectivity index (χ0) is 9.97. The van der Waals surface area contributed by atoms with Crippen molar-refractivity contribution in [3.63, 3.8) is 0 Å². The predicted molar refractivity (Wildman–Crippen MR) is 55.9 cm³/mol. The molecule has 1 saturated heterocycles. The van der Waals surface area contributed by atoms with Crippen LogP contribution < -0.4 is 5.73 Å². The van der Waals surface area contributed by atoms with Crippen LogP contribution in [0.25, 0.3) is 0 Å². The Kier molecular flexibility index (Phi) is 2.94. The van der Waals surface area contributed by atoms with Crippen molar-refractivity contribution in [1.82, 2.24) is 4.90 Å². The van der Waals surface area contributed by atoms with Crippen LogP contribution in [0.3, 0.4) is 0 Å². The predicted octanol–water partition coefficient (Wildman–Crippen LogP) is 2.11. The molecule has 1 aliphatic carbocycles. The lowest BCUT2D eigenvalue weighted by Crippen LogP contribution is -2.54. The van der Waals surface area contributed by atoms with Gasteiger partial charge >= 0.3 is 6.03 Å². The van der Waals surface area contributed by atoms with E-state index in [9.17, 15) is 4.79 Å². The summed E-state index contributed by atoms with van der Waals surface area (Å²) in [4.78, 5) is 12.8. The highest BCUT2D eigenvalue weighted by Gasteiger charge is 2.32. The number of carbonyl (C=O) groups excluding carboxylic acids is 1. The molecular weight excluding hydrogens is 176 g/mol. The summed E-state index contributed by atoms with van der Waals surface area (Å²) in [5.41, 5.74) is 5.28. The summed E-state index contributed by atoms with van der Waals surface area (Å²) in [5, 5.41) is 0. The Hall–Kier alpha value is -0.730. The molecule has 0 bridgehead atoms. The van der Waals surface area contributed by atoms with E-state index < -0.39 is 0 Å². The van der Waals surface area contributed by atoms with Crippen molar-refractivity contribution >= 4 is 6.03 Å². The topological polar surface area (TPSA) is 46.3 Å². The third kappa shape index (κ3) is 2.02. The monoisotopic (exact) mass is 196 g/mol. The number of amides is 2. The molecule has 1 heterocycles. The standard InChI is InChI=1S/C11H20N2O/c12-11(14)13-7-6-10(13)8-9-4-2-1-3-5-9/h9-10H,1-8H2,(H2,12,14). The second kappa shape index (κ2) is 4.20. The first-order valence-corrected chi connectivity index (χ1v) is 5.83. The van der Waals surface area contributed by atoms with E-state index in [0.717, 1.165) is 12.5 Å². The number of hydrogen-bond donors (Lipinski definition) is 1. The summed E-state index contributed by atoms with van der Waals surface area (Å²) in [7, 11) is 0. The molecule has 1 atom stereocenters. The van der Waals surface area contributed by atoms with E-state index in [1.807, 2.05) is 4.90 Å². The Morgan fingerprint density at radius 1 is 1.21 bits per heavy atom. The molecular formula is C11H20N2O. The van der Waals surface area contributed by atoms with E-state index in [-0.39, 0.29) is 6.03 Å². The zero-order valence-electron chi connectivity index (χ0n) is 8.74. The fourth-order valence-electron chi connectivity index (χ4n) is 2.78. The van der Waals surface area contributed by atoms with Crippen LogP contribution in [0.4, 0.5) is 4.79 Å². The van der Waals surface area contributed by atoms with Gasteiger partial charge in [0, 0.05) is 12.6 Å². The summed E-state index contributed by atoms with van der Waals surface area (Å²) in [6.45, 7) is 0.882. The lowest BCUT2D eigenvalue weighted by Gasteiger charge is -2.42. The van der Waals surface area contributed by atoms with Gasteiger partial charge in [-0.25, -0.2) is 4.79 Å². The maximum absolute atomic E-state index is 11.0. The number of primary amides is 1. The highest BCUT2D eigenvalue weighted by molar-refractivity contribution is 5.73. The number of nitrogens with zero attached hydrogens (tertiary/aromatic N) is 1. The van der Waals surface area contributed by atoms with E-state index in [2.05, 4.69) is 0 Å². The van der Waals surface area contributed by atoms with Gasteiger partial charge in [-0.05, 0) is 18.8 Å². The fraction of sp³-hybridized carbons (Fsp3) is 0.909. The molecule has 3 nitrogen and oxygen atoms in total. The van der Waals surface area contributed by atoms with Gasteiger partial charge in [0.2, 0.25) is 0 Å². The van der Waals surface area contributed by atoms with Crippen molar-refractivity contribution in [1.29, 1.82) is 0 Å². The minimum Gasteiger partial charge on any atom is -0.351 e. The van der Waals surface area contributed by atoms with Crippen molar-refractivity contribution in [3.8, 4) is 0 Å². The van der Waals surface area contributed by atoms with Crippen LogP contribution in [-0.2, 0) is 0 Å².